The van der Waals surface area contributed by atoms with Gasteiger partial charge in [0.1, 0.15) is 0 Å². The summed E-state index contributed by atoms with van der Waals surface area (Å²) in [5.41, 5.74) is 1.09. The lowest BCUT2D eigenvalue weighted by Gasteiger charge is -2.37. The fourth-order valence-electron chi connectivity index (χ4n) is 3.08. The second kappa shape index (κ2) is 6.84. The van der Waals surface area contributed by atoms with Gasteiger partial charge in [-0.3, -0.25) is 9.78 Å². The molecule has 0 saturated heterocycles. The van der Waals surface area contributed by atoms with Crippen molar-refractivity contribution in [3.63, 3.8) is 0 Å². The molecule has 1 aromatic rings. The van der Waals surface area contributed by atoms with E-state index in [0.717, 1.165) is 18.4 Å². The van der Waals surface area contributed by atoms with Crippen molar-refractivity contribution in [3.05, 3.63) is 30.1 Å². The third-order valence-corrected chi connectivity index (χ3v) is 4.42. The quantitative estimate of drug-likeness (QED) is 0.868. The van der Waals surface area contributed by atoms with Crippen molar-refractivity contribution < 1.29 is 4.79 Å². The fraction of sp³-hybridized carbons (Fsp3) is 0.625. The van der Waals surface area contributed by atoms with Crippen LogP contribution in [-0.2, 0) is 4.79 Å². The van der Waals surface area contributed by atoms with Crippen LogP contribution in [0.3, 0.4) is 0 Å². The summed E-state index contributed by atoms with van der Waals surface area (Å²) in [5.74, 6) is 0.130. The minimum atomic E-state index is 0.000294. The molecule has 1 aromatic heterocycles. The number of hydrogen-bond donors (Lipinski definition) is 2. The highest BCUT2D eigenvalue weighted by molar-refractivity contribution is 5.77. The minimum Gasteiger partial charge on any atom is -0.350 e. The molecule has 0 aromatic carbocycles. The molecule has 4 heteroatoms. The van der Waals surface area contributed by atoms with Gasteiger partial charge in [0.05, 0.1) is 6.04 Å². The van der Waals surface area contributed by atoms with Crippen LogP contribution in [0.25, 0.3) is 0 Å². The molecule has 0 bridgehead atoms. The fourth-order valence-corrected chi connectivity index (χ4v) is 3.08. The molecule has 1 saturated carbocycles. The Labute approximate surface area is 121 Å². The first kappa shape index (κ1) is 15.0. The SMILES string of the molecule is CNC1(CC(=O)NC(C)c2ccncc2)CCCCC1. The first-order chi connectivity index (χ1) is 9.65. The molecule has 1 atom stereocenters. The predicted molar refractivity (Wildman–Crippen MR) is 80.3 cm³/mol. The smallest absolute Gasteiger partial charge is 0.222 e. The van der Waals surface area contributed by atoms with Gasteiger partial charge in [-0.05, 0) is 44.5 Å². The molecule has 0 radical (unpaired) electrons. The number of carbonyl (C=O) groups is 1. The summed E-state index contributed by atoms with van der Waals surface area (Å²) < 4.78 is 0. The molecule has 20 heavy (non-hydrogen) atoms. The highest BCUT2D eigenvalue weighted by atomic mass is 16.1. The van der Waals surface area contributed by atoms with E-state index in [2.05, 4.69) is 15.6 Å². The number of aromatic nitrogens is 1. The van der Waals surface area contributed by atoms with Crippen LogP contribution >= 0.6 is 0 Å². The number of nitrogens with zero attached hydrogens (tertiary/aromatic N) is 1. The summed E-state index contributed by atoms with van der Waals surface area (Å²) in [4.78, 5) is 16.3. The summed E-state index contributed by atoms with van der Waals surface area (Å²) in [6.07, 6.45) is 10.0. The molecule has 2 rings (SSSR count). The third kappa shape index (κ3) is 3.79. The Morgan fingerprint density at radius 1 is 1.30 bits per heavy atom. The van der Waals surface area contributed by atoms with E-state index in [0.29, 0.717) is 6.42 Å². The van der Waals surface area contributed by atoms with E-state index < -0.39 is 0 Å². The van der Waals surface area contributed by atoms with Crippen LogP contribution < -0.4 is 10.6 Å². The van der Waals surface area contributed by atoms with E-state index >= 15 is 0 Å². The van der Waals surface area contributed by atoms with Crippen LogP contribution in [0.5, 0.6) is 0 Å². The molecule has 0 spiro atoms. The molecule has 1 aliphatic carbocycles. The lowest BCUT2D eigenvalue weighted by molar-refractivity contribution is -0.123. The lowest BCUT2D eigenvalue weighted by Crippen LogP contribution is -2.48. The predicted octanol–water partition coefficient (Wildman–Crippen LogP) is 2.57. The Morgan fingerprint density at radius 3 is 2.55 bits per heavy atom. The summed E-state index contributed by atoms with van der Waals surface area (Å²) in [6, 6.07) is 3.92. The van der Waals surface area contributed by atoms with Crippen LogP contribution in [0.15, 0.2) is 24.5 Å². The van der Waals surface area contributed by atoms with Crippen molar-refractivity contribution in [3.8, 4) is 0 Å². The molecule has 1 heterocycles. The van der Waals surface area contributed by atoms with E-state index in [4.69, 9.17) is 0 Å². The number of hydrogen-bond acceptors (Lipinski definition) is 3. The molecule has 110 valence electrons. The van der Waals surface area contributed by atoms with Crippen molar-refractivity contribution >= 4 is 5.91 Å². The summed E-state index contributed by atoms with van der Waals surface area (Å²) in [5, 5.41) is 6.49. The van der Waals surface area contributed by atoms with Gasteiger partial charge in [-0.2, -0.15) is 0 Å². The van der Waals surface area contributed by atoms with Crippen molar-refractivity contribution in [2.24, 2.45) is 0 Å². The second-order valence-electron chi connectivity index (χ2n) is 5.84. The van der Waals surface area contributed by atoms with Crippen LogP contribution in [0.2, 0.25) is 0 Å². The molecule has 0 aliphatic heterocycles. The molecular formula is C16H25N3O. The van der Waals surface area contributed by atoms with Gasteiger partial charge in [-0.15, -0.1) is 0 Å². The minimum absolute atomic E-state index is 0.000294. The molecule has 4 nitrogen and oxygen atoms in total. The van der Waals surface area contributed by atoms with Crippen molar-refractivity contribution in [1.29, 1.82) is 0 Å². The van der Waals surface area contributed by atoms with Crippen molar-refractivity contribution in [1.82, 2.24) is 15.6 Å². The van der Waals surface area contributed by atoms with Crippen molar-refractivity contribution in [2.75, 3.05) is 7.05 Å². The average Bonchev–Trinajstić information content (AvgIpc) is 2.49. The number of pyridine rings is 1. The summed E-state index contributed by atoms with van der Waals surface area (Å²) in [7, 11) is 1.98. The lowest BCUT2D eigenvalue weighted by atomic mass is 9.79. The highest BCUT2D eigenvalue weighted by Gasteiger charge is 2.32. The number of carbonyl (C=O) groups excluding carboxylic acids is 1. The number of rotatable bonds is 5. The van der Waals surface area contributed by atoms with Gasteiger partial charge < -0.3 is 10.6 Å². The maximum absolute atomic E-state index is 12.3. The van der Waals surface area contributed by atoms with Gasteiger partial charge in [-0.25, -0.2) is 0 Å². The van der Waals surface area contributed by atoms with E-state index in [-0.39, 0.29) is 17.5 Å². The molecule has 1 amide bonds. The van der Waals surface area contributed by atoms with Crippen LogP contribution in [-0.4, -0.2) is 23.5 Å². The maximum Gasteiger partial charge on any atom is 0.222 e. The third-order valence-electron chi connectivity index (χ3n) is 4.42. The van der Waals surface area contributed by atoms with E-state index in [9.17, 15) is 4.79 Å². The molecule has 1 aliphatic rings. The standard InChI is InChI=1S/C16H25N3O/c1-13(14-6-10-18-11-7-14)19-15(20)12-16(17-2)8-4-3-5-9-16/h6-7,10-11,13,17H,3-5,8-9,12H2,1-2H3,(H,19,20). The zero-order valence-corrected chi connectivity index (χ0v) is 12.5. The van der Waals surface area contributed by atoms with Gasteiger partial charge >= 0.3 is 0 Å². The van der Waals surface area contributed by atoms with Gasteiger partial charge in [0.2, 0.25) is 5.91 Å². The monoisotopic (exact) mass is 275 g/mol. The largest absolute Gasteiger partial charge is 0.350 e. The van der Waals surface area contributed by atoms with Crippen LogP contribution in [0.1, 0.15) is 57.1 Å². The van der Waals surface area contributed by atoms with Crippen LogP contribution in [0, 0.1) is 0 Å². The Morgan fingerprint density at radius 2 is 1.95 bits per heavy atom. The second-order valence-corrected chi connectivity index (χ2v) is 5.84. The molecule has 1 unspecified atom stereocenters. The van der Waals surface area contributed by atoms with Gasteiger partial charge in [0, 0.05) is 24.4 Å². The maximum atomic E-state index is 12.3. The summed E-state index contributed by atoms with van der Waals surface area (Å²) >= 11 is 0. The molecule has 1 fully saturated rings. The first-order valence-electron chi connectivity index (χ1n) is 7.53. The van der Waals surface area contributed by atoms with Crippen LogP contribution in [0.4, 0.5) is 0 Å². The highest BCUT2D eigenvalue weighted by Crippen LogP contribution is 2.30. The number of amides is 1. The Balaban J connectivity index is 1.91. The number of nitrogens with one attached hydrogen (secondary N) is 2. The average molecular weight is 275 g/mol. The van der Waals surface area contributed by atoms with Crippen molar-refractivity contribution in [2.45, 2.75) is 57.0 Å². The van der Waals surface area contributed by atoms with Gasteiger partial charge in [-0.1, -0.05) is 19.3 Å². The van der Waals surface area contributed by atoms with Gasteiger partial charge in [0.15, 0.2) is 0 Å². The van der Waals surface area contributed by atoms with Gasteiger partial charge in [0.25, 0.3) is 0 Å². The van der Waals surface area contributed by atoms with E-state index in [1.165, 1.54) is 19.3 Å². The molecular weight excluding hydrogens is 250 g/mol. The normalized spacial score (nSPS) is 19.3. The Hall–Kier alpha value is -1.42. The summed E-state index contributed by atoms with van der Waals surface area (Å²) in [6.45, 7) is 2.01. The zero-order chi connectivity index (χ0) is 14.4. The Kier molecular flexibility index (Phi) is 5.12. The Bertz CT molecular complexity index is 427. The molecule has 2 N–H and O–H groups in total. The zero-order valence-electron chi connectivity index (χ0n) is 12.5. The first-order valence-corrected chi connectivity index (χ1v) is 7.53. The van der Waals surface area contributed by atoms with E-state index in [1.807, 2.05) is 26.1 Å². The van der Waals surface area contributed by atoms with E-state index in [1.54, 1.807) is 12.4 Å². The topological polar surface area (TPSA) is 54.0 Å².